The number of likely N-dealkylation sites (N-methyl/N-ethyl adjacent to an activating group) is 1. The first-order valence-corrected chi connectivity index (χ1v) is 17.3. The fourth-order valence-electron chi connectivity index (χ4n) is 5.76. The lowest BCUT2D eigenvalue weighted by atomic mass is 10.1. The number of benzene rings is 2. The van der Waals surface area contributed by atoms with Crippen LogP contribution in [0.4, 0.5) is 34.5 Å². The summed E-state index contributed by atoms with van der Waals surface area (Å²) in [5.41, 5.74) is 5.15. The maximum atomic E-state index is 13.3. The second-order valence-electron chi connectivity index (χ2n) is 11.6. The highest BCUT2D eigenvalue weighted by Gasteiger charge is 2.40. The Balaban J connectivity index is 1.32. The summed E-state index contributed by atoms with van der Waals surface area (Å²) >= 11 is 3.56. The van der Waals surface area contributed by atoms with Gasteiger partial charge in [0.15, 0.2) is 0 Å². The average Bonchev–Trinajstić information content (AvgIpc) is 3.79. The SMILES string of the molecule is CCc1cc(Nc2ncc(Br)c(Nc3ccc4nccnc4c3N(C)S(=O)(=O)C3CC3)n2)c(OC)cc1N1CCC(N(C)C)C1. The molecule has 12 nitrogen and oxygen atoms in total. The maximum absolute atomic E-state index is 13.3. The molecule has 0 amide bonds. The Morgan fingerprint density at radius 1 is 1.04 bits per heavy atom. The third-order valence-electron chi connectivity index (χ3n) is 8.52. The molecule has 1 saturated carbocycles. The molecule has 0 radical (unpaired) electrons. The van der Waals surface area contributed by atoms with Gasteiger partial charge in [-0.15, -0.1) is 0 Å². The number of aryl methyl sites for hydroxylation is 1. The fraction of sp³-hybridized carbons (Fsp3) is 0.419. The van der Waals surface area contributed by atoms with Crippen molar-refractivity contribution < 1.29 is 13.2 Å². The van der Waals surface area contributed by atoms with E-state index in [0.717, 1.165) is 31.6 Å². The van der Waals surface area contributed by atoms with Crippen LogP contribution in [-0.4, -0.2) is 85.9 Å². The lowest BCUT2D eigenvalue weighted by Gasteiger charge is -2.25. The van der Waals surface area contributed by atoms with E-state index >= 15 is 0 Å². The van der Waals surface area contributed by atoms with E-state index in [4.69, 9.17) is 9.72 Å². The molecule has 1 aliphatic heterocycles. The Kier molecular flexibility index (Phi) is 8.72. The lowest BCUT2D eigenvalue weighted by molar-refractivity contribution is 0.315. The van der Waals surface area contributed by atoms with Crippen LogP contribution >= 0.6 is 15.9 Å². The fourth-order valence-corrected chi connectivity index (χ4v) is 7.67. The van der Waals surface area contributed by atoms with Gasteiger partial charge in [-0.2, -0.15) is 4.98 Å². The molecule has 1 unspecified atom stereocenters. The molecule has 0 bridgehead atoms. The zero-order valence-corrected chi connectivity index (χ0v) is 28.5. The molecular weight excluding hydrogens is 658 g/mol. The Hall–Kier alpha value is -3.75. The summed E-state index contributed by atoms with van der Waals surface area (Å²) < 4.78 is 34.4. The van der Waals surface area contributed by atoms with Crippen LogP contribution < -0.4 is 24.6 Å². The van der Waals surface area contributed by atoms with Gasteiger partial charge in [-0.25, -0.2) is 13.4 Å². The molecule has 1 atom stereocenters. The predicted molar refractivity (Wildman–Crippen MR) is 183 cm³/mol. The molecule has 45 heavy (non-hydrogen) atoms. The summed E-state index contributed by atoms with van der Waals surface area (Å²) in [6.45, 7) is 4.12. The van der Waals surface area contributed by atoms with Crippen molar-refractivity contribution in [3.8, 4) is 5.75 Å². The first-order chi connectivity index (χ1) is 21.6. The second-order valence-corrected chi connectivity index (χ2v) is 14.7. The smallest absolute Gasteiger partial charge is 0.237 e. The Morgan fingerprint density at radius 2 is 1.82 bits per heavy atom. The summed E-state index contributed by atoms with van der Waals surface area (Å²) in [5, 5.41) is 6.29. The van der Waals surface area contributed by atoms with Crippen molar-refractivity contribution in [2.24, 2.45) is 0 Å². The van der Waals surface area contributed by atoms with Gasteiger partial charge in [0.1, 0.15) is 22.8 Å². The van der Waals surface area contributed by atoms with Gasteiger partial charge in [0.25, 0.3) is 0 Å². The van der Waals surface area contributed by atoms with E-state index in [1.54, 1.807) is 44.9 Å². The third-order valence-corrected chi connectivity index (χ3v) is 11.4. The van der Waals surface area contributed by atoms with Gasteiger partial charge < -0.3 is 25.2 Å². The largest absolute Gasteiger partial charge is 0.494 e. The lowest BCUT2D eigenvalue weighted by Crippen LogP contribution is -2.31. The number of rotatable bonds is 11. The van der Waals surface area contributed by atoms with Gasteiger partial charge >= 0.3 is 0 Å². The molecule has 2 aliphatic rings. The summed E-state index contributed by atoms with van der Waals surface area (Å²) in [6, 6.07) is 8.31. The number of fused-ring (bicyclic) bond motifs is 1. The number of nitrogens with one attached hydrogen (secondary N) is 2. The van der Waals surface area contributed by atoms with E-state index in [0.29, 0.717) is 63.3 Å². The van der Waals surface area contributed by atoms with Crippen molar-refractivity contribution in [2.75, 3.05) is 61.2 Å². The zero-order chi connectivity index (χ0) is 31.9. The normalized spacial score (nSPS) is 16.8. The van der Waals surface area contributed by atoms with E-state index in [9.17, 15) is 8.42 Å². The molecule has 14 heteroatoms. The number of hydrogen-bond acceptors (Lipinski definition) is 11. The number of methoxy groups -OCH3 is 1. The van der Waals surface area contributed by atoms with Crippen molar-refractivity contribution in [1.82, 2.24) is 24.8 Å². The minimum absolute atomic E-state index is 0.351. The molecule has 0 spiro atoms. The number of anilines is 6. The van der Waals surface area contributed by atoms with Gasteiger partial charge in [0.2, 0.25) is 16.0 Å². The molecule has 3 heterocycles. The molecule has 4 aromatic rings. The molecule has 2 fully saturated rings. The summed E-state index contributed by atoms with van der Waals surface area (Å²) in [4.78, 5) is 22.9. The van der Waals surface area contributed by atoms with Crippen LogP contribution in [0.15, 0.2) is 47.3 Å². The van der Waals surface area contributed by atoms with Gasteiger partial charge in [0, 0.05) is 56.5 Å². The zero-order valence-electron chi connectivity index (χ0n) is 26.1. The monoisotopic (exact) mass is 695 g/mol. The standard InChI is InChI=1S/C31H38BrN9O3S/c1-6-19-15-25(27(44-5)16-26(19)41-14-11-20(18-41)39(2)3)37-31-35-17-22(32)30(38-31)36-24-10-9-23-28(34-13-12-33-23)29(24)40(4)45(42,43)21-7-8-21/h9-10,12-13,15-17,20-21H,6-8,11,14,18H2,1-5H3,(H2,35,36,37,38). The number of halogens is 1. The molecule has 1 saturated heterocycles. The number of aromatic nitrogens is 4. The molecule has 1 aliphatic carbocycles. The second kappa shape index (κ2) is 12.6. The Labute approximate surface area is 272 Å². The molecule has 6 rings (SSSR count). The van der Waals surface area contributed by atoms with Crippen molar-refractivity contribution >= 4 is 71.5 Å². The third kappa shape index (κ3) is 6.23. The van der Waals surface area contributed by atoms with Crippen molar-refractivity contribution in [3.63, 3.8) is 0 Å². The molecular formula is C31H38BrN9O3S. The van der Waals surface area contributed by atoms with Crippen LogP contribution in [0.2, 0.25) is 0 Å². The Bertz CT molecular complexity index is 1840. The summed E-state index contributed by atoms with van der Waals surface area (Å²) in [7, 11) is 3.92. The quantitative estimate of drug-likeness (QED) is 0.212. The van der Waals surface area contributed by atoms with Crippen LogP contribution in [0.25, 0.3) is 11.0 Å². The van der Waals surface area contributed by atoms with Gasteiger partial charge in [0.05, 0.1) is 33.7 Å². The minimum Gasteiger partial charge on any atom is -0.494 e. The highest BCUT2D eigenvalue weighted by atomic mass is 79.9. The Morgan fingerprint density at radius 3 is 2.51 bits per heavy atom. The van der Waals surface area contributed by atoms with E-state index in [1.807, 2.05) is 0 Å². The van der Waals surface area contributed by atoms with Crippen LogP contribution in [0.5, 0.6) is 5.75 Å². The van der Waals surface area contributed by atoms with E-state index in [1.165, 1.54) is 15.6 Å². The van der Waals surface area contributed by atoms with Crippen LogP contribution in [0.1, 0.15) is 31.7 Å². The highest BCUT2D eigenvalue weighted by molar-refractivity contribution is 9.10. The maximum Gasteiger partial charge on any atom is 0.237 e. The molecule has 2 aromatic heterocycles. The average molecular weight is 697 g/mol. The van der Waals surface area contributed by atoms with Crippen LogP contribution in [-0.2, 0) is 16.4 Å². The van der Waals surface area contributed by atoms with Gasteiger partial charge in [-0.3, -0.25) is 14.3 Å². The number of ether oxygens (including phenoxy) is 1. The van der Waals surface area contributed by atoms with Gasteiger partial charge in [-0.05, 0) is 79.5 Å². The first-order valence-electron chi connectivity index (χ1n) is 15.0. The topological polar surface area (TPSA) is 129 Å². The van der Waals surface area contributed by atoms with Crippen molar-refractivity contribution in [1.29, 1.82) is 0 Å². The number of nitrogens with zero attached hydrogens (tertiary/aromatic N) is 7. The number of hydrogen-bond donors (Lipinski definition) is 2. The first kappa shape index (κ1) is 31.2. The molecule has 238 valence electrons. The van der Waals surface area contributed by atoms with E-state index in [-0.39, 0.29) is 0 Å². The van der Waals surface area contributed by atoms with E-state index in [2.05, 4.69) is 84.5 Å². The van der Waals surface area contributed by atoms with Crippen molar-refractivity contribution in [2.45, 2.75) is 43.9 Å². The molecule has 2 N–H and O–H groups in total. The highest BCUT2D eigenvalue weighted by Crippen LogP contribution is 2.41. The van der Waals surface area contributed by atoms with E-state index < -0.39 is 15.3 Å². The van der Waals surface area contributed by atoms with Crippen LogP contribution in [0, 0.1) is 0 Å². The predicted octanol–water partition coefficient (Wildman–Crippen LogP) is 5.31. The summed E-state index contributed by atoms with van der Waals surface area (Å²) in [5.74, 6) is 1.50. The van der Waals surface area contributed by atoms with Crippen molar-refractivity contribution in [3.05, 3.63) is 52.9 Å². The number of sulfonamides is 1. The molecule has 2 aromatic carbocycles. The van der Waals surface area contributed by atoms with Gasteiger partial charge in [-0.1, -0.05) is 6.92 Å². The summed E-state index contributed by atoms with van der Waals surface area (Å²) in [6.07, 6.45) is 8.07. The van der Waals surface area contributed by atoms with Crippen LogP contribution in [0.3, 0.4) is 0 Å². The minimum atomic E-state index is -3.57.